The van der Waals surface area contributed by atoms with E-state index < -0.39 is 11.7 Å². The number of ether oxygens (including phenoxy) is 1. The van der Waals surface area contributed by atoms with Crippen molar-refractivity contribution in [3.8, 4) is 17.1 Å². The summed E-state index contributed by atoms with van der Waals surface area (Å²) in [5, 5.41) is 3.79. The fourth-order valence-corrected chi connectivity index (χ4v) is 3.15. The van der Waals surface area contributed by atoms with Crippen molar-refractivity contribution >= 4 is 5.91 Å². The van der Waals surface area contributed by atoms with Gasteiger partial charge in [-0.05, 0) is 24.3 Å². The lowest BCUT2D eigenvalue weighted by Gasteiger charge is -2.37. The fourth-order valence-electron chi connectivity index (χ4n) is 3.15. The summed E-state index contributed by atoms with van der Waals surface area (Å²) in [4.78, 5) is 18.5. The van der Waals surface area contributed by atoms with Gasteiger partial charge in [-0.3, -0.25) is 4.79 Å². The number of aromatic nitrogens is 2. The quantitative estimate of drug-likeness (QED) is 0.659. The summed E-state index contributed by atoms with van der Waals surface area (Å²) in [5.41, 5.74) is -0.0988. The maximum Gasteiger partial charge on any atom is 0.416 e. The van der Waals surface area contributed by atoms with Crippen LogP contribution >= 0.6 is 0 Å². The summed E-state index contributed by atoms with van der Waals surface area (Å²) < 4.78 is 49.1. The normalized spacial score (nSPS) is 14.6. The number of rotatable bonds is 4. The van der Waals surface area contributed by atoms with Gasteiger partial charge in [-0.2, -0.15) is 18.2 Å². The van der Waals surface area contributed by atoms with Crippen molar-refractivity contribution in [2.45, 2.75) is 12.1 Å². The molecule has 2 heterocycles. The molecule has 2 aromatic carbocycles. The fraction of sp³-hybridized carbons (Fsp3) is 0.250. The van der Waals surface area contributed by atoms with Crippen molar-refractivity contribution in [1.82, 2.24) is 15.0 Å². The van der Waals surface area contributed by atoms with E-state index in [1.165, 1.54) is 19.2 Å². The molecular formula is C20H16F3N3O3. The highest BCUT2D eigenvalue weighted by Crippen LogP contribution is 2.33. The Bertz CT molecular complexity index is 1040. The van der Waals surface area contributed by atoms with Crippen molar-refractivity contribution in [3.05, 3.63) is 65.5 Å². The molecule has 1 aliphatic heterocycles. The van der Waals surface area contributed by atoms with Gasteiger partial charge in [0.25, 0.3) is 5.91 Å². The third kappa shape index (κ3) is 3.67. The molecule has 0 atom stereocenters. The van der Waals surface area contributed by atoms with Crippen molar-refractivity contribution in [2.24, 2.45) is 0 Å². The van der Waals surface area contributed by atoms with Crippen LogP contribution in [0.3, 0.4) is 0 Å². The van der Waals surface area contributed by atoms with E-state index in [-0.39, 0.29) is 23.2 Å². The monoisotopic (exact) mass is 403 g/mol. The molecule has 0 spiro atoms. The zero-order valence-corrected chi connectivity index (χ0v) is 15.3. The Morgan fingerprint density at radius 2 is 1.93 bits per heavy atom. The van der Waals surface area contributed by atoms with E-state index in [9.17, 15) is 18.0 Å². The van der Waals surface area contributed by atoms with Crippen LogP contribution in [0.5, 0.6) is 5.75 Å². The number of carbonyl (C=O) groups is 1. The van der Waals surface area contributed by atoms with Crippen LogP contribution in [0.15, 0.2) is 53.1 Å². The minimum Gasteiger partial charge on any atom is -0.496 e. The van der Waals surface area contributed by atoms with Gasteiger partial charge in [0.1, 0.15) is 5.75 Å². The number of hydrogen-bond acceptors (Lipinski definition) is 5. The molecule has 0 saturated carbocycles. The maximum absolute atomic E-state index is 12.9. The van der Waals surface area contributed by atoms with E-state index in [1.807, 2.05) is 0 Å². The summed E-state index contributed by atoms with van der Waals surface area (Å²) in [5.74, 6) is 0.532. The van der Waals surface area contributed by atoms with Gasteiger partial charge >= 0.3 is 6.18 Å². The van der Waals surface area contributed by atoms with Gasteiger partial charge in [-0.1, -0.05) is 29.4 Å². The van der Waals surface area contributed by atoms with Gasteiger partial charge in [0.05, 0.1) is 24.2 Å². The van der Waals surface area contributed by atoms with Crippen molar-refractivity contribution < 1.29 is 27.2 Å². The Morgan fingerprint density at radius 1 is 1.17 bits per heavy atom. The summed E-state index contributed by atoms with van der Waals surface area (Å²) >= 11 is 0. The number of carbonyl (C=O) groups excluding carboxylic acids is 1. The number of benzene rings is 2. The molecule has 29 heavy (non-hydrogen) atoms. The molecule has 9 heteroatoms. The molecule has 6 nitrogen and oxygen atoms in total. The average molecular weight is 403 g/mol. The number of para-hydroxylation sites is 1. The summed E-state index contributed by atoms with van der Waals surface area (Å²) in [6.07, 6.45) is -4.45. The molecule has 1 aliphatic rings. The Kier molecular flexibility index (Phi) is 4.73. The van der Waals surface area contributed by atoms with Crippen molar-refractivity contribution in [2.75, 3.05) is 20.2 Å². The number of likely N-dealkylation sites (tertiary alicyclic amines) is 1. The van der Waals surface area contributed by atoms with Gasteiger partial charge in [0.15, 0.2) is 0 Å². The highest BCUT2D eigenvalue weighted by Gasteiger charge is 2.37. The van der Waals surface area contributed by atoms with Crippen molar-refractivity contribution in [3.63, 3.8) is 0 Å². The third-order valence-electron chi connectivity index (χ3n) is 4.75. The number of alkyl halides is 3. The lowest BCUT2D eigenvalue weighted by Crippen LogP contribution is -2.48. The Labute approximate surface area is 163 Å². The minimum absolute atomic E-state index is 0.0839. The molecule has 3 aromatic rings. The highest BCUT2D eigenvalue weighted by molar-refractivity contribution is 5.97. The molecule has 0 aliphatic carbocycles. The second-order valence-electron chi connectivity index (χ2n) is 6.64. The molecule has 1 aromatic heterocycles. The van der Waals surface area contributed by atoms with Crippen LogP contribution in [0.1, 0.15) is 27.7 Å². The predicted octanol–water partition coefficient (Wildman–Crippen LogP) is 4.00. The number of amides is 1. The van der Waals surface area contributed by atoms with Gasteiger partial charge in [-0.15, -0.1) is 0 Å². The van der Waals surface area contributed by atoms with Crippen LogP contribution in [-0.2, 0) is 6.18 Å². The predicted molar refractivity (Wildman–Crippen MR) is 96.4 cm³/mol. The van der Waals surface area contributed by atoms with E-state index in [4.69, 9.17) is 9.26 Å². The van der Waals surface area contributed by atoms with Crippen LogP contribution in [0, 0.1) is 0 Å². The molecule has 150 valence electrons. The van der Waals surface area contributed by atoms with Crippen LogP contribution < -0.4 is 4.74 Å². The van der Waals surface area contributed by atoms with E-state index in [0.29, 0.717) is 30.3 Å². The molecule has 1 saturated heterocycles. The highest BCUT2D eigenvalue weighted by atomic mass is 19.4. The first kappa shape index (κ1) is 19.0. The van der Waals surface area contributed by atoms with Crippen LogP contribution in [0.2, 0.25) is 0 Å². The number of halogens is 3. The molecule has 1 amide bonds. The lowest BCUT2D eigenvalue weighted by molar-refractivity contribution is -0.137. The molecule has 0 N–H and O–H groups in total. The molecule has 0 bridgehead atoms. The maximum atomic E-state index is 12.9. The van der Waals surface area contributed by atoms with Crippen molar-refractivity contribution in [1.29, 1.82) is 0 Å². The Morgan fingerprint density at radius 3 is 2.66 bits per heavy atom. The largest absolute Gasteiger partial charge is 0.496 e. The summed E-state index contributed by atoms with van der Waals surface area (Å²) in [7, 11) is 1.50. The van der Waals surface area contributed by atoms with E-state index in [2.05, 4.69) is 10.1 Å². The van der Waals surface area contributed by atoms with Crippen LogP contribution in [0.4, 0.5) is 13.2 Å². The molecule has 0 unspecified atom stereocenters. The SMILES string of the molecule is COc1ccccc1C(=O)N1CC(c2nc(-c3cccc(C(F)(F)F)c3)no2)C1. The number of methoxy groups -OCH3 is 1. The van der Waals surface area contributed by atoms with Gasteiger partial charge in [0.2, 0.25) is 11.7 Å². The third-order valence-corrected chi connectivity index (χ3v) is 4.75. The molecule has 4 rings (SSSR count). The minimum atomic E-state index is -4.45. The summed E-state index contributed by atoms with van der Waals surface area (Å²) in [6, 6.07) is 11.7. The second-order valence-corrected chi connectivity index (χ2v) is 6.64. The lowest BCUT2D eigenvalue weighted by atomic mass is 9.98. The van der Waals surface area contributed by atoms with E-state index >= 15 is 0 Å². The van der Waals surface area contributed by atoms with E-state index in [0.717, 1.165) is 12.1 Å². The first-order chi connectivity index (χ1) is 13.9. The van der Waals surface area contributed by atoms with Gasteiger partial charge in [0, 0.05) is 18.7 Å². The average Bonchev–Trinajstić information content (AvgIpc) is 3.16. The first-order valence-corrected chi connectivity index (χ1v) is 8.80. The van der Waals surface area contributed by atoms with Crippen LogP contribution in [0.25, 0.3) is 11.4 Å². The Balaban J connectivity index is 1.45. The first-order valence-electron chi connectivity index (χ1n) is 8.80. The second kappa shape index (κ2) is 7.23. The number of nitrogens with zero attached hydrogens (tertiary/aromatic N) is 3. The van der Waals surface area contributed by atoms with Crippen LogP contribution in [-0.4, -0.2) is 41.1 Å². The zero-order chi connectivity index (χ0) is 20.6. The standard InChI is InChI=1S/C20H16F3N3O3/c1-28-16-8-3-2-7-15(16)19(27)26-10-13(11-26)18-24-17(25-29-18)12-5-4-6-14(9-12)20(21,22)23/h2-9,13H,10-11H2,1H3. The van der Waals surface area contributed by atoms with E-state index in [1.54, 1.807) is 29.2 Å². The molecule has 1 fully saturated rings. The Hall–Kier alpha value is -3.36. The zero-order valence-electron chi connectivity index (χ0n) is 15.3. The molecule has 0 radical (unpaired) electrons. The summed E-state index contributed by atoms with van der Waals surface area (Å²) in [6.45, 7) is 0.752. The topological polar surface area (TPSA) is 68.5 Å². The molecular weight excluding hydrogens is 387 g/mol. The number of hydrogen-bond donors (Lipinski definition) is 0. The smallest absolute Gasteiger partial charge is 0.416 e. The van der Waals surface area contributed by atoms with Gasteiger partial charge in [-0.25, -0.2) is 0 Å². The van der Waals surface area contributed by atoms with Gasteiger partial charge < -0.3 is 14.2 Å².